The number of thioether (sulfide) groups is 1. The third-order valence-corrected chi connectivity index (χ3v) is 5.09. The molecule has 0 fully saturated rings. The average molecular weight is 340 g/mol. The summed E-state index contributed by atoms with van der Waals surface area (Å²) >= 11 is 1.55. The monoisotopic (exact) mass is 340 g/mol. The number of fused-ring (bicyclic) bond motifs is 1. The Morgan fingerprint density at radius 2 is 1.79 bits per heavy atom. The van der Waals surface area contributed by atoms with E-state index >= 15 is 0 Å². The zero-order chi connectivity index (χ0) is 16.9. The fraction of sp³-hybridized carbons (Fsp3) is 0.263. The summed E-state index contributed by atoms with van der Waals surface area (Å²) in [6, 6.07) is 13.4. The van der Waals surface area contributed by atoms with Crippen molar-refractivity contribution >= 4 is 29.3 Å². The summed E-state index contributed by atoms with van der Waals surface area (Å²) in [5.41, 5.74) is 4.13. The zero-order valence-corrected chi connectivity index (χ0v) is 14.4. The van der Waals surface area contributed by atoms with Crippen molar-refractivity contribution in [1.82, 2.24) is 5.32 Å². The molecular weight excluding hydrogens is 320 g/mol. The molecule has 2 amide bonds. The minimum absolute atomic E-state index is 0.0480. The van der Waals surface area contributed by atoms with Gasteiger partial charge in [-0.25, -0.2) is 0 Å². The fourth-order valence-corrected chi connectivity index (χ4v) is 3.59. The quantitative estimate of drug-likeness (QED) is 0.822. The molecule has 2 aromatic rings. The van der Waals surface area contributed by atoms with Gasteiger partial charge in [0.15, 0.2) is 0 Å². The Morgan fingerprint density at radius 3 is 2.54 bits per heavy atom. The number of benzene rings is 2. The van der Waals surface area contributed by atoms with E-state index in [1.165, 1.54) is 24.0 Å². The first kappa shape index (κ1) is 16.6. The van der Waals surface area contributed by atoms with Crippen LogP contribution in [0.2, 0.25) is 0 Å². The largest absolute Gasteiger partial charge is 0.355 e. The molecule has 0 unspecified atom stereocenters. The SMILES string of the molecule is CNC(=O)c1ccc(NC(=O)CSc2ccc3c(c2)CCC3)cc1. The van der Waals surface area contributed by atoms with Gasteiger partial charge in [-0.05, 0) is 66.8 Å². The van der Waals surface area contributed by atoms with E-state index in [1.54, 1.807) is 43.1 Å². The maximum Gasteiger partial charge on any atom is 0.251 e. The van der Waals surface area contributed by atoms with Crippen LogP contribution < -0.4 is 10.6 Å². The Bertz CT molecular complexity index is 756. The summed E-state index contributed by atoms with van der Waals surface area (Å²) in [5, 5.41) is 5.43. The standard InChI is InChI=1S/C19H20N2O2S/c1-20-19(23)14-5-8-16(9-6-14)21-18(22)12-24-17-10-7-13-3-2-4-15(13)11-17/h5-11H,2-4,12H2,1H3,(H,20,23)(H,21,22). The second kappa shape index (κ2) is 7.53. The minimum atomic E-state index is -0.139. The molecule has 0 spiro atoms. The molecule has 2 aromatic carbocycles. The van der Waals surface area contributed by atoms with Gasteiger partial charge < -0.3 is 10.6 Å². The van der Waals surface area contributed by atoms with E-state index in [1.807, 2.05) is 0 Å². The maximum atomic E-state index is 12.1. The molecule has 0 saturated heterocycles. The molecule has 24 heavy (non-hydrogen) atoms. The van der Waals surface area contributed by atoms with Crippen LogP contribution in [0.15, 0.2) is 47.4 Å². The molecule has 3 rings (SSSR count). The molecule has 4 nitrogen and oxygen atoms in total. The van der Waals surface area contributed by atoms with Gasteiger partial charge >= 0.3 is 0 Å². The van der Waals surface area contributed by atoms with Gasteiger partial charge in [0.1, 0.15) is 0 Å². The van der Waals surface area contributed by atoms with Crippen molar-refractivity contribution < 1.29 is 9.59 Å². The predicted octanol–water partition coefficient (Wildman–Crippen LogP) is 3.27. The van der Waals surface area contributed by atoms with E-state index in [0.717, 1.165) is 11.3 Å². The third-order valence-electron chi connectivity index (χ3n) is 4.10. The highest BCUT2D eigenvalue weighted by Gasteiger charge is 2.12. The van der Waals surface area contributed by atoms with Crippen molar-refractivity contribution in [2.24, 2.45) is 0 Å². The summed E-state index contributed by atoms with van der Waals surface area (Å²) < 4.78 is 0. The Kier molecular flexibility index (Phi) is 5.20. The van der Waals surface area contributed by atoms with Gasteiger partial charge in [-0.3, -0.25) is 9.59 Å². The second-order valence-electron chi connectivity index (χ2n) is 5.78. The fourth-order valence-electron chi connectivity index (χ4n) is 2.83. The first-order valence-corrected chi connectivity index (χ1v) is 9.01. The number of anilines is 1. The van der Waals surface area contributed by atoms with Gasteiger partial charge in [0.25, 0.3) is 5.91 Å². The Balaban J connectivity index is 1.53. The average Bonchev–Trinajstić information content (AvgIpc) is 3.07. The molecule has 0 radical (unpaired) electrons. The van der Waals surface area contributed by atoms with Crippen molar-refractivity contribution in [3.63, 3.8) is 0 Å². The van der Waals surface area contributed by atoms with Crippen LogP contribution in [-0.4, -0.2) is 24.6 Å². The molecule has 0 heterocycles. The van der Waals surface area contributed by atoms with Crippen LogP contribution in [-0.2, 0) is 17.6 Å². The van der Waals surface area contributed by atoms with Crippen LogP contribution in [0.5, 0.6) is 0 Å². The molecule has 0 aliphatic heterocycles. The van der Waals surface area contributed by atoms with Crippen LogP contribution in [0.1, 0.15) is 27.9 Å². The van der Waals surface area contributed by atoms with E-state index in [4.69, 9.17) is 0 Å². The number of hydrogen-bond acceptors (Lipinski definition) is 3. The van der Waals surface area contributed by atoms with Gasteiger partial charge in [-0.2, -0.15) is 0 Å². The lowest BCUT2D eigenvalue weighted by atomic mass is 10.1. The maximum absolute atomic E-state index is 12.1. The first-order valence-electron chi connectivity index (χ1n) is 8.02. The highest BCUT2D eigenvalue weighted by molar-refractivity contribution is 8.00. The van der Waals surface area contributed by atoms with Crippen LogP contribution in [0, 0.1) is 0 Å². The Labute approximate surface area is 146 Å². The third kappa shape index (κ3) is 3.97. The summed E-state index contributed by atoms with van der Waals surface area (Å²) in [7, 11) is 1.59. The summed E-state index contributed by atoms with van der Waals surface area (Å²) in [5.74, 6) is 0.184. The minimum Gasteiger partial charge on any atom is -0.355 e. The van der Waals surface area contributed by atoms with Gasteiger partial charge in [0.2, 0.25) is 5.91 Å². The number of hydrogen-bond donors (Lipinski definition) is 2. The van der Waals surface area contributed by atoms with E-state index in [-0.39, 0.29) is 11.8 Å². The molecule has 0 bridgehead atoms. The number of carbonyl (C=O) groups is 2. The van der Waals surface area contributed by atoms with Crippen molar-refractivity contribution in [2.75, 3.05) is 18.1 Å². The van der Waals surface area contributed by atoms with Crippen molar-refractivity contribution in [2.45, 2.75) is 24.2 Å². The van der Waals surface area contributed by atoms with Crippen LogP contribution >= 0.6 is 11.8 Å². The van der Waals surface area contributed by atoms with E-state index in [9.17, 15) is 9.59 Å². The molecule has 0 saturated carbocycles. The lowest BCUT2D eigenvalue weighted by Crippen LogP contribution is -2.18. The van der Waals surface area contributed by atoms with E-state index in [0.29, 0.717) is 17.0 Å². The lowest BCUT2D eigenvalue weighted by molar-refractivity contribution is -0.113. The smallest absolute Gasteiger partial charge is 0.251 e. The number of aryl methyl sites for hydroxylation is 2. The first-order chi connectivity index (χ1) is 11.7. The van der Waals surface area contributed by atoms with Gasteiger partial charge in [-0.15, -0.1) is 11.8 Å². The number of rotatable bonds is 5. The van der Waals surface area contributed by atoms with Gasteiger partial charge in [0, 0.05) is 23.2 Å². The van der Waals surface area contributed by atoms with Crippen LogP contribution in [0.4, 0.5) is 5.69 Å². The van der Waals surface area contributed by atoms with Gasteiger partial charge in [0.05, 0.1) is 5.75 Å². The van der Waals surface area contributed by atoms with Crippen LogP contribution in [0.25, 0.3) is 0 Å². The molecule has 0 atom stereocenters. The van der Waals surface area contributed by atoms with Crippen molar-refractivity contribution in [3.8, 4) is 0 Å². The summed E-state index contributed by atoms with van der Waals surface area (Å²) in [4.78, 5) is 24.7. The highest BCUT2D eigenvalue weighted by Crippen LogP contribution is 2.27. The molecular formula is C19H20N2O2S. The lowest BCUT2D eigenvalue weighted by Gasteiger charge is -2.07. The summed E-state index contributed by atoms with van der Waals surface area (Å²) in [6.07, 6.45) is 3.55. The van der Waals surface area contributed by atoms with Crippen LogP contribution in [0.3, 0.4) is 0 Å². The van der Waals surface area contributed by atoms with Gasteiger partial charge in [-0.1, -0.05) is 6.07 Å². The molecule has 1 aliphatic carbocycles. The zero-order valence-electron chi connectivity index (χ0n) is 13.6. The Hall–Kier alpha value is -2.27. The molecule has 5 heteroatoms. The van der Waals surface area contributed by atoms with Crippen molar-refractivity contribution in [3.05, 3.63) is 59.2 Å². The molecule has 0 aromatic heterocycles. The highest BCUT2D eigenvalue weighted by atomic mass is 32.2. The number of carbonyl (C=O) groups excluding carboxylic acids is 2. The number of amides is 2. The van der Waals surface area contributed by atoms with E-state index < -0.39 is 0 Å². The topological polar surface area (TPSA) is 58.2 Å². The second-order valence-corrected chi connectivity index (χ2v) is 6.83. The number of nitrogens with one attached hydrogen (secondary N) is 2. The predicted molar refractivity (Wildman–Crippen MR) is 97.7 cm³/mol. The van der Waals surface area contributed by atoms with E-state index in [2.05, 4.69) is 28.8 Å². The molecule has 2 N–H and O–H groups in total. The Morgan fingerprint density at radius 1 is 1.04 bits per heavy atom. The van der Waals surface area contributed by atoms with Crippen molar-refractivity contribution in [1.29, 1.82) is 0 Å². The molecule has 1 aliphatic rings. The molecule has 124 valence electrons. The summed E-state index contributed by atoms with van der Waals surface area (Å²) in [6.45, 7) is 0. The normalized spacial score (nSPS) is 12.5.